The van der Waals surface area contributed by atoms with Gasteiger partial charge < -0.3 is 10.6 Å². The van der Waals surface area contributed by atoms with Gasteiger partial charge in [0.1, 0.15) is 0 Å². The molecule has 0 fully saturated rings. The minimum Gasteiger partial charge on any atom is -0.328 e. The lowest BCUT2D eigenvalue weighted by Gasteiger charge is -2.28. The number of nitrogens with two attached hydrogens (primary N) is 1. The van der Waals surface area contributed by atoms with Gasteiger partial charge in [0.25, 0.3) is 0 Å². The third-order valence-electron chi connectivity index (χ3n) is 3.46. The molecule has 2 atom stereocenters. The lowest BCUT2D eigenvalue weighted by molar-refractivity contribution is 0.271. The van der Waals surface area contributed by atoms with E-state index in [2.05, 4.69) is 58.8 Å². The van der Waals surface area contributed by atoms with E-state index in [1.807, 2.05) is 0 Å². The Kier molecular flexibility index (Phi) is 4.72. The van der Waals surface area contributed by atoms with E-state index in [0.717, 1.165) is 6.42 Å². The van der Waals surface area contributed by atoms with Crippen molar-refractivity contribution in [2.24, 2.45) is 5.73 Å². The summed E-state index contributed by atoms with van der Waals surface area (Å²) < 4.78 is 0. The fourth-order valence-corrected chi connectivity index (χ4v) is 2.31. The molecule has 1 aromatic rings. The monoisotopic (exact) mass is 234 g/mol. The Morgan fingerprint density at radius 3 is 2.06 bits per heavy atom. The Hall–Kier alpha value is -0.860. The van der Waals surface area contributed by atoms with Gasteiger partial charge in [-0.2, -0.15) is 0 Å². The molecule has 0 aromatic heterocycles. The summed E-state index contributed by atoms with van der Waals surface area (Å²) in [6.45, 7) is 8.62. The van der Waals surface area contributed by atoms with Crippen molar-refractivity contribution in [3.05, 3.63) is 34.4 Å². The van der Waals surface area contributed by atoms with Crippen molar-refractivity contribution in [3.63, 3.8) is 0 Å². The Bertz CT molecular complexity index is 381. The first kappa shape index (κ1) is 14.2. The number of aryl methyl sites for hydroxylation is 3. The second-order valence-electron chi connectivity index (χ2n) is 5.49. The molecular weight excluding hydrogens is 208 g/mol. The second-order valence-corrected chi connectivity index (χ2v) is 5.49. The molecule has 0 saturated carbocycles. The number of benzene rings is 1. The van der Waals surface area contributed by atoms with Gasteiger partial charge in [0, 0.05) is 12.1 Å². The van der Waals surface area contributed by atoms with E-state index in [1.165, 1.54) is 22.3 Å². The molecule has 0 amide bonds. The van der Waals surface area contributed by atoms with Gasteiger partial charge in [-0.1, -0.05) is 12.1 Å². The summed E-state index contributed by atoms with van der Waals surface area (Å²) in [7, 11) is 4.25. The smallest absolute Gasteiger partial charge is 0.0359 e. The van der Waals surface area contributed by atoms with Gasteiger partial charge in [-0.15, -0.1) is 0 Å². The Balaban J connectivity index is 3.14. The van der Waals surface area contributed by atoms with Crippen molar-refractivity contribution in [1.82, 2.24) is 4.90 Å². The maximum atomic E-state index is 5.96. The van der Waals surface area contributed by atoms with Crippen LogP contribution in [0.15, 0.2) is 12.1 Å². The van der Waals surface area contributed by atoms with Gasteiger partial charge in [-0.25, -0.2) is 0 Å². The van der Waals surface area contributed by atoms with Crippen molar-refractivity contribution in [2.45, 2.75) is 46.2 Å². The van der Waals surface area contributed by atoms with E-state index in [1.54, 1.807) is 0 Å². The molecule has 0 radical (unpaired) electrons. The average Bonchev–Trinajstić information content (AvgIpc) is 2.20. The lowest BCUT2D eigenvalue weighted by Crippen LogP contribution is -2.28. The topological polar surface area (TPSA) is 29.3 Å². The zero-order valence-corrected chi connectivity index (χ0v) is 12.0. The zero-order chi connectivity index (χ0) is 13.2. The van der Waals surface area contributed by atoms with E-state index in [9.17, 15) is 0 Å². The molecule has 17 heavy (non-hydrogen) atoms. The van der Waals surface area contributed by atoms with Crippen LogP contribution in [0.3, 0.4) is 0 Å². The molecule has 0 spiro atoms. The van der Waals surface area contributed by atoms with Crippen molar-refractivity contribution >= 4 is 0 Å². The van der Waals surface area contributed by atoms with Gasteiger partial charge in [0.2, 0.25) is 0 Å². The molecule has 2 unspecified atom stereocenters. The zero-order valence-electron chi connectivity index (χ0n) is 12.0. The lowest BCUT2D eigenvalue weighted by atomic mass is 9.92. The van der Waals surface area contributed by atoms with Crippen LogP contribution >= 0.6 is 0 Å². The van der Waals surface area contributed by atoms with Crippen molar-refractivity contribution in [2.75, 3.05) is 14.1 Å². The number of rotatable bonds is 4. The summed E-state index contributed by atoms with van der Waals surface area (Å²) in [5, 5.41) is 0. The van der Waals surface area contributed by atoms with E-state index >= 15 is 0 Å². The van der Waals surface area contributed by atoms with Gasteiger partial charge in [-0.05, 0) is 70.5 Å². The van der Waals surface area contributed by atoms with Crippen molar-refractivity contribution in [3.8, 4) is 0 Å². The highest BCUT2D eigenvalue weighted by molar-refractivity contribution is 5.38. The summed E-state index contributed by atoms with van der Waals surface area (Å²) in [6, 6.07) is 5.23. The van der Waals surface area contributed by atoms with Gasteiger partial charge in [-0.3, -0.25) is 0 Å². The largest absolute Gasteiger partial charge is 0.328 e. The first-order chi connectivity index (χ1) is 7.82. The number of hydrogen-bond donors (Lipinski definition) is 1. The quantitative estimate of drug-likeness (QED) is 0.868. The van der Waals surface area contributed by atoms with Gasteiger partial charge in [0.05, 0.1) is 0 Å². The van der Waals surface area contributed by atoms with Crippen LogP contribution < -0.4 is 5.73 Å². The van der Waals surface area contributed by atoms with Crippen molar-refractivity contribution < 1.29 is 0 Å². The van der Waals surface area contributed by atoms with Crippen LogP contribution in [-0.2, 0) is 0 Å². The van der Waals surface area contributed by atoms with E-state index < -0.39 is 0 Å². The highest BCUT2D eigenvalue weighted by Crippen LogP contribution is 2.28. The van der Waals surface area contributed by atoms with Crippen molar-refractivity contribution in [1.29, 1.82) is 0 Å². The van der Waals surface area contributed by atoms with Crippen LogP contribution in [0.25, 0.3) is 0 Å². The molecule has 2 heteroatoms. The van der Waals surface area contributed by atoms with Crippen LogP contribution in [0.2, 0.25) is 0 Å². The Morgan fingerprint density at radius 2 is 1.59 bits per heavy atom. The summed E-state index contributed by atoms with van der Waals surface area (Å²) >= 11 is 0. The van der Waals surface area contributed by atoms with Crippen LogP contribution in [0.4, 0.5) is 0 Å². The van der Waals surface area contributed by atoms with E-state index in [4.69, 9.17) is 5.73 Å². The van der Waals surface area contributed by atoms with Crippen LogP contribution in [0.1, 0.15) is 41.6 Å². The molecule has 1 rings (SSSR count). The molecule has 2 N–H and O–H groups in total. The fraction of sp³-hybridized carbons (Fsp3) is 0.600. The highest BCUT2D eigenvalue weighted by Gasteiger charge is 2.18. The summed E-state index contributed by atoms with van der Waals surface area (Å²) in [6.07, 6.45) is 0.996. The maximum Gasteiger partial charge on any atom is 0.0359 e. The van der Waals surface area contributed by atoms with E-state index in [0.29, 0.717) is 6.04 Å². The molecule has 0 aliphatic heterocycles. The summed E-state index contributed by atoms with van der Waals surface area (Å²) in [4.78, 5) is 2.26. The minimum atomic E-state index is 0.225. The second kappa shape index (κ2) is 5.65. The van der Waals surface area contributed by atoms with Crippen LogP contribution in [0.5, 0.6) is 0 Å². The first-order valence-corrected chi connectivity index (χ1v) is 6.32. The molecule has 2 nitrogen and oxygen atoms in total. The molecule has 0 aliphatic carbocycles. The average molecular weight is 234 g/mol. The fourth-order valence-electron chi connectivity index (χ4n) is 2.31. The van der Waals surface area contributed by atoms with Gasteiger partial charge in [0.15, 0.2) is 0 Å². The normalized spacial score (nSPS) is 15.1. The Morgan fingerprint density at radius 1 is 1.06 bits per heavy atom. The van der Waals surface area contributed by atoms with E-state index in [-0.39, 0.29) is 6.04 Å². The SMILES string of the molecule is Cc1cc(C)c(C(CC(C)N)N(C)C)cc1C. The molecular formula is C15H26N2. The molecule has 96 valence electrons. The third-order valence-corrected chi connectivity index (χ3v) is 3.46. The summed E-state index contributed by atoms with van der Waals surface area (Å²) in [5.41, 5.74) is 11.5. The number of nitrogens with zero attached hydrogens (tertiary/aromatic N) is 1. The maximum absolute atomic E-state index is 5.96. The predicted molar refractivity (Wildman–Crippen MR) is 75.3 cm³/mol. The Labute approximate surface area is 106 Å². The first-order valence-electron chi connectivity index (χ1n) is 6.32. The van der Waals surface area contributed by atoms with Crippen LogP contribution in [-0.4, -0.2) is 25.0 Å². The third kappa shape index (κ3) is 3.55. The standard InChI is InChI=1S/C15H26N2/c1-10-7-12(3)14(8-11(10)2)15(17(5)6)9-13(4)16/h7-8,13,15H,9,16H2,1-6H3. The number of hydrogen-bond acceptors (Lipinski definition) is 2. The predicted octanol–water partition coefficient (Wildman–Crippen LogP) is 2.95. The molecule has 1 aromatic carbocycles. The van der Waals surface area contributed by atoms with Crippen LogP contribution in [0, 0.1) is 20.8 Å². The molecule has 0 heterocycles. The minimum absolute atomic E-state index is 0.225. The summed E-state index contributed by atoms with van der Waals surface area (Å²) in [5.74, 6) is 0. The molecule has 0 bridgehead atoms. The molecule has 0 aliphatic rings. The molecule has 0 saturated heterocycles. The highest BCUT2D eigenvalue weighted by atomic mass is 15.1. The van der Waals surface area contributed by atoms with Gasteiger partial charge >= 0.3 is 0 Å².